The topological polar surface area (TPSA) is 62.5 Å². The van der Waals surface area contributed by atoms with Crippen molar-refractivity contribution in [2.24, 2.45) is 0 Å². The Balaban J connectivity index is 1.76. The summed E-state index contributed by atoms with van der Waals surface area (Å²) in [6.45, 7) is -0.235. The van der Waals surface area contributed by atoms with Crippen molar-refractivity contribution in [3.05, 3.63) is 118 Å². The largest absolute Gasteiger partial charge is 0.477 e. The smallest absolute Gasteiger partial charge is 0.416 e. The van der Waals surface area contributed by atoms with Gasteiger partial charge in [-0.25, -0.2) is 4.79 Å². The van der Waals surface area contributed by atoms with E-state index in [2.05, 4.69) is 0 Å². The van der Waals surface area contributed by atoms with E-state index in [0.717, 1.165) is 23.3 Å². The molecule has 5 aromatic rings. The summed E-state index contributed by atoms with van der Waals surface area (Å²) >= 11 is 6.04. The lowest BCUT2D eigenvalue weighted by molar-refractivity contribution is -0.137. The van der Waals surface area contributed by atoms with Crippen molar-refractivity contribution in [2.75, 3.05) is 0 Å². The molecule has 0 aliphatic heterocycles. The summed E-state index contributed by atoms with van der Waals surface area (Å²) < 4.78 is 41.6. The van der Waals surface area contributed by atoms with Gasteiger partial charge in [0.25, 0.3) is 0 Å². The minimum absolute atomic E-state index is 0.0394. The monoisotopic (exact) mass is 535 g/mol. The fourth-order valence-electron chi connectivity index (χ4n) is 4.66. The highest BCUT2D eigenvalue weighted by Crippen LogP contribution is 2.39. The van der Waals surface area contributed by atoms with Crippen molar-refractivity contribution in [3.63, 3.8) is 0 Å². The highest BCUT2D eigenvalue weighted by Gasteiger charge is 2.31. The van der Waals surface area contributed by atoms with Gasteiger partial charge in [-0.2, -0.15) is 13.2 Å². The van der Waals surface area contributed by atoms with Gasteiger partial charge in [-0.1, -0.05) is 66.2 Å². The zero-order valence-corrected chi connectivity index (χ0v) is 20.6. The fourth-order valence-corrected chi connectivity index (χ4v) is 4.79. The SMILES string of the molecule is O=C(O)c1c(-c2ccc(CO)cc2)c2cc(-c3ccc(Cl)cc3)ccc2n1Cc1cccc(C(F)(F)F)c1. The number of rotatable bonds is 6. The minimum Gasteiger partial charge on any atom is -0.477 e. The number of nitrogens with zero attached hydrogens (tertiary/aromatic N) is 1. The zero-order chi connectivity index (χ0) is 27.0. The third kappa shape index (κ3) is 4.90. The van der Waals surface area contributed by atoms with Gasteiger partial charge in [0, 0.05) is 28.0 Å². The van der Waals surface area contributed by atoms with Gasteiger partial charge >= 0.3 is 12.1 Å². The number of hydrogen-bond donors (Lipinski definition) is 2. The molecule has 2 N–H and O–H groups in total. The van der Waals surface area contributed by atoms with Crippen molar-refractivity contribution < 1.29 is 28.2 Å². The summed E-state index contributed by atoms with van der Waals surface area (Å²) in [6.07, 6.45) is -4.52. The van der Waals surface area contributed by atoms with Crippen molar-refractivity contribution in [2.45, 2.75) is 19.3 Å². The summed E-state index contributed by atoms with van der Waals surface area (Å²) in [4.78, 5) is 12.7. The molecule has 0 unspecified atom stereocenters. The first-order valence-corrected chi connectivity index (χ1v) is 12.1. The van der Waals surface area contributed by atoms with E-state index in [-0.39, 0.29) is 18.8 Å². The normalized spacial score (nSPS) is 11.7. The van der Waals surface area contributed by atoms with Crippen LogP contribution >= 0.6 is 11.6 Å². The van der Waals surface area contributed by atoms with Crippen LogP contribution in [0.4, 0.5) is 13.2 Å². The minimum atomic E-state index is -4.52. The Morgan fingerprint density at radius 3 is 2.11 bits per heavy atom. The number of halogens is 4. The van der Waals surface area contributed by atoms with E-state index in [9.17, 15) is 28.2 Å². The van der Waals surface area contributed by atoms with Gasteiger partial charge in [0.15, 0.2) is 0 Å². The molecule has 0 amide bonds. The Bertz CT molecular complexity index is 1640. The number of hydrogen-bond acceptors (Lipinski definition) is 2. The first kappa shape index (κ1) is 25.6. The van der Waals surface area contributed by atoms with E-state index in [1.807, 2.05) is 24.3 Å². The summed E-state index contributed by atoms with van der Waals surface area (Å²) in [5.74, 6) is -1.21. The molecule has 0 fully saturated rings. The Labute approximate surface area is 221 Å². The first-order valence-electron chi connectivity index (χ1n) is 11.7. The predicted molar refractivity (Wildman–Crippen MR) is 141 cm³/mol. The molecule has 0 saturated heterocycles. The molecule has 0 atom stereocenters. The number of aliphatic hydroxyl groups excluding tert-OH is 1. The maximum atomic E-state index is 13.4. The van der Waals surface area contributed by atoms with Gasteiger partial charge in [0.05, 0.1) is 12.2 Å². The molecule has 5 rings (SSSR count). The van der Waals surface area contributed by atoms with Crippen molar-refractivity contribution in [3.8, 4) is 22.3 Å². The molecule has 8 heteroatoms. The van der Waals surface area contributed by atoms with Crippen molar-refractivity contribution in [1.29, 1.82) is 0 Å². The molecule has 0 radical (unpaired) electrons. The van der Waals surface area contributed by atoms with E-state index in [1.54, 1.807) is 48.5 Å². The van der Waals surface area contributed by atoms with Crippen LogP contribution in [0.5, 0.6) is 0 Å². The van der Waals surface area contributed by atoms with E-state index in [0.29, 0.717) is 38.2 Å². The van der Waals surface area contributed by atoms with Crippen molar-refractivity contribution in [1.82, 2.24) is 4.57 Å². The second kappa shape index (κ2) is 10.0. The summed E-state index contributed by atoms with van der Waals surface area (Å²) in [7, 11) is 0. The molecule has 0 aliphatic carbocycles. The highest BCUT2D eigenvalue weighted by molar-refractivity contribution is 6.30. The van der Waals surface area contributed by atoms with Gasteiger partial charge < -0.3 is 14.8 Å². The number of aromatic carboxylic acids is 1. The van der Waals surface area contributed by atoms with Gasteiger partial charge in [0.2, 0.25) is 0 Å². The molecule has 0 saturated carbocycles. The van der Waals surface area contributed by atoms with Gasteiger partial charge in [0.1, 0.15) is 5.69 Å². The number of fused-ring (bicyclic) bond motifs is 1. The van der Waals surface area contributed by atoms with Crippen LogP contribution in [0.15, 0.2) is 91.0 Å². The third-order valence-electron chi connectivity index (χ3n) is 6.46. The Hall–Kier alpha value is -4.07. The Morgan fingerprint density at radius 2 is 1.47 bits per heavy atom. The molecule has 38 heavy (non-hydrogen) atoms. The molecule has 4 nitrogen and oxygen atoms in total. The van der Waals surface area contributed by atoms with E-state index in [1.165, 1.54) is 10.6 Å². The van der Waals surface area contributed by atoms with Crippen molar-refractivity contribution >= 4 is 28.5 Å². The van der Waals surface area contributed by atoms with Crippen LogP contribution in [-0.4, -0.2) is 20.7 Å². The van der Waals surface area contributed by atoms with Crippen LogP contribution in [-0.2, 0) is 19.3 Å². The summed E-state index contributed by atoms with van der Waals surface area (Å²) in [6, 6.07) is 24.5. The number of carboxylic acid groups (broad SMARTS) is 1. The lowest BCUT2D eigenvalue weighted by Crippen LogP contribution is -2.12. The third-order valence-corrected chi connectivity index (χ3v) is 6.72. The summed E-state index contributed by atoms with van der Waals surface area (Å²) in [5, 5.41) is 21.0. The molecule has 0 bridgehead atoms. The average Bonchev–Trinajstić information content (AvgIpc) is 3.22. The fraction of sp³-hybridized carbons (Fsp3) is 0.100. The maximum Gasteiger partial charge on any atom is 0.416 e. The van der Waals surface area contributed by atoms with Crippen LogP contribution in [0.25, 0.3) is 33.2 Å². The molecule has 0 spiro atoms. The van der Waals surface area contributed by atoms with Crippen LogP contribution in [0.3, 0.4) is 0 Å². The molecular weight excluding hydrogens is 515 g/mol. The van der Waals surface area contributed by atoms with Gasteiger partial charge in [-0.15, -0.1) is 0 Å². The number of carboxylic acids is 1. The quantitative estimate of drug-likeness (QED) is 0.232. The Morgan fingerprint density at radius 1 is 0.816 bits per heavy atom. The highest BCUT2D eigenvalue weighted by atomic mass is 35.5. The van der Waals surface area contributed by atoms with Gasteiger partial charge in [-0.05, 0) is 64.2 Å². The number of aromatic nitrogens is 1. The zero-order valence-electron chi connectivity index (χ0n) is 19.8. The molecular formula is C30H21ClF3NO3. The first-order chi connectivity index (χ1) is 18.2. The van der Waals surface area contributed by atoms with E-state index >= 15 is 0 Å². The molecule has 0 aliphatic rings. The second-order valence-corrected chi connectivity index (χ2v) is 9.34. The Kier molecular flexibility index (Phi) is 6.73. The van der Waals surface area contributed by atoms with Crippen LogP contribution in [0.2, 0.25) is 5.02 Å². The van der Waals surface area contributed by atoms with E-state index in [4.69, 9.17) is 11.6 Å². The second-order valence-electron chi connectivity index (χ2n) is 8.91. The number of alkyl halides is 3. The van der Waals surface area contributed by atoms with Crippen LogP contribution < -0.4 is 0 Å². The summed E-state index contributed by atoms with van der Waals surface area (Å²) in [5.41, 5.74) is 3.48. The molecule has 192 valence electrons. The lowest BCUT2D eigenvalue weighted by atomic mass is 9.97. The number of benzene rings is 4. The van der Waals surface area contributed by atoms with Gasteiger partial charge in [-0.3, -0.25) is 0 Å². The standard InChI is InChI=1S/C30H21ClF3NO3/c31-24-11-8-20(9-12-24)22-10-13-26-25(15-22)27(21-6-4-18(17-36)5-7-21)28(29(37)38)35(26)16-19-2-1-3-23(14-19)30(32,33)34/h1-15,36H,16-17H2,(H,37,38). The molecule has 1 heterocycles. The number of aliphatic hydroxyl groups is 1. The molecule has 1 aromatic heterocycles. The molecule has 4 aromatic carbocycles. The van der Waals surface area contributed by atoms with E-state index < -0.39 is 17.7 Å². The number of carbonyl (C=O) groups is 1. The average molecular weight is 536 g/mol. The predicted octanol–water partition coefficient (Wildman–Crippen LogP) is 7.89. The lowest BCUT2D eigenvalue weighted by Gasteiger charge is -2.12. The van der Waals surface area contributed by atoms with Crippen LogP contribution in [0.1, 0.15) is 27.2 Å². The van der Waals surface area contributed by atoms with Crippen LogP contribution in [0, 0.1) is 0 Å². The maximum absolute atomic E-state index is 13.4.